The summed E-state index contributed by atoms with van der Waals surface area (Å²) in [7, 11) is 0. The molecule has 2 aromatic carbocycles. The zero-order chi connectivity index (χ0) is 26.5. The van der Waals surface area contributed by atoms with E-state index in [0.29, 0.717) is 19.4 Å². The van der Waals surface area contributed by atoms with Crippen LogP contribution in [0.5, 0.6) is 11.5 Å². The highest BCUT2D eigenvalue weighted by molar-refractivity contribution is 5.52. The molecule has 2 bridgehead atoms. The van der Waals surface area contributed by atoms with E-state index < -0.39 is 0 Å². The van der Waals surface area contributed by atoms with Gasteiger partial charge in [-0.1, -0.05) is 32.9 Å². The summed E-state index contributed by atoms with van der Waals surface area (Å²) in [6, 6.07) is 14.0. The first-order valence-corrected chi connectivity index (χ1v) is 14.5. The number of aliphatic hydroxyl groups is 2. The molecule has 2 aliphatic heterocycles. The van der Waals surface area contributed by atoms with Gasteiger partial charge in [0.2, 0.25) is 0 Å². The fourth-order valence-electron chi connectivity index (χ4n) is 8.27. The summed E-state index contributed by atoms with van der Waals surface area (Å²) in [4.78, 5) is 4.58. The number of hydrogen-bond donors (Lipinski definition) is 2. The highest BCUT2D eigenvalue weighted by Crippen LogP contribution is 2.74. The molecule has 206 valence electrons. The van der Waals surface area contributed by atoms with Crippen molar-refractivity contribution in [1.82, 2.24) is 9.80 Å². The normalized spacial score (nSPS) is 27.4. The van der Waals surface area contributed by atoms with Gasteiger partial charge in [0.15, 0.2) is 0 Å². The van der Waals surface area contributed by atoms with E-state index >= 15 is 0 Å². The van der Waals surface area contributed by atoms with Crippen LogP contribution in [-0.4, -0.2) is 59.8 Å². The number of hydrogen-bond acceptors (Lipinski definition) is 6. The van der Waals surface area contributed by atoms with E-state index in [1.165, 1.54) is 35.1 Å². The minimum atomic E-state index is -0.0543. The summed E-state index contributed by atoms with van der Waals surface area (Å²) < 4.78 is 12.3. The van der Waals surface area contributed by atoms with Crippen molar-refractivity contribution in [3.05, 3.63) is 58.7 Å². The topological polar surface area (TPSA) is 65.4 Å². The molecule has 2 heterocycles. The molecule has 6 rings (SSSR count). The molecule has 6 nitrogen and oxygen atoms in total. The number of aliphatic hydroxyl groups excluding tert-OH is 2. The van der Waals surface area contributed by atoms with Gasteiger partial charge < -0.3 is 19.7 Å². The summed E-state index contributed by atoms with van der Waals surface area (Å²) >= 11 is 0. The summed E-state index contributed by atoms with van der Waals surface area (Å²) in [5, 5.41) is 18.7. The molecule has 0 spiro atoms. The lowest BCUT2D eigenvalue weighted by Crippen LogP contribution is -2.38. The lowest BCUT2D eigenvalue weighted by molar-refractivity contribution is 0.0880. The zero-order valence-corrected chi connectivity index (χ0v) is 23.3. The average molecular weight is 521 g/mol. The van der Waals surface area contributed by atoms with Crippen LogP contribution in [0.4, 0.5) is 0 Å². The summed E-state index contributed by atoms with van der Waals surface area (Å²) in [6.07, 6.45) is 5.22. The smallest absolute Gasteiger partial charge is 0.142 e. The Morgan fingerprint density at radius 3 is 1.76 bits per heavy atom. The first-order chi connectivity index (χ1) is 18.3. The second kappa shape index (κ2) is 9.81. The van der Waals surface area contributed by atoms with Crippen molar-refractivity contribution >= 4 is 0 Å². The van der Waals surface area contributed by atoms with Gasteiger partial charge in [0.1, 0.15) is 25.0 Å². The van der Waals surface area contributed by atoms with Crippen LogP contribution >= 0.6 is 0 Å². The Hall–Kier alpha value is -2.12. The number of ether oxygens (including phenoxy) is 2. The monoisotopic (exact) mass is 520 g/mol. The van der Waals surface area contributed by atoms with E-state index in [9.17, 15) is 10.2 Å². The van der Waals surface area contributed by atoms with Gasteiger partial charge in [0, 0.05) is 55.9 Å². The van der Waals surface area contributed by atoms with Gasteiger partial charge in [-0.2, -0.15) is 0 Å². The second-order valence-corrected chi connectivity index (χ2v) is 13.0. The molecular formula is C32H44N2O4. The number of rotatable bonds is 8. The molecule has 0 aromatic heterocycles. The molecule has 2 unspecified atom stereocenters. The molecule has 0 radical (unpaired) electrons. The molecule has 0 amide bonds. The summed E-state index contributed by atoms with van der Waals surface area (Å²) in [5.41, 5.74) is 5.82. The van der Waals surface area contributed by atoms with Gasteiger partial charge in [0.05, 0.1) is 0 Å². The van der Waals surface area contributed by atoms with Crippen molar-refractivity contribution < 1.29 is 19.7 Å². The highest BCUT2D eigenvalue weighted by Gasteiger charge is 2.67. The average Bonchev–Trinajstić information content (AvgIpc) is 3.27. The first-order valence-electron chi connectivity index (χ1n) is 14.5. The van der Waals surface area contributed by atoms with E-state index in [2.05, 4.69) is 67.0 Å². The highest BCUT2D eigenvalue weighted by atomic mass is 16.5. The summed E-state index contributed by atoms with van der Waals surface area (Å²) in [5.74, 6) is 2.55. The molecule has 38 heavy (non-hydrogen) atoms. The Balaban J connectivity index is 1.42. The van der Waals surface area contributed by atoms with Crippen LogP contribution in [0, 0.1) is 16.7 Å². The van der Waals surface area contributed by atoms with Crippen molar-refractivity contribution in [2.24, 2.45) is 16.7 Å². The van der Waals surface area contributed by atoms with Crippen LogP contribution < -0.4 is 9.47 Å². The maximum atomic E-state index is 9.33. The Bertz CT molecular complexity index is 1110. The molecule has 2 saturated carbocycles. The van der Waals surface area contributed by atoms with Crippen LogP contribution in [0.1, 0.15) is 75.1 Å². The molecule has 2 atom stereocenters. The van der Waals surface area contributed by atoms with E-state index in [4.69, 9.17) is 9.47 Å². The van der Waals surface area contributed by atoms with Crippen molar-refractivity contribution in [3.8, 4) is 11.5 Å². The van der Waals surface area contributed by atoms with Crippen molar-refractivity contribution in [3.63, 3.8) is 0 Å². The lowest BCUT2D eigenvalue weighted by atomic mass is 9.61. The fourth-order valence-corrected chi connectivity index (χ4v) is 8.27. The quantitative estimate of drug-likeness (QED) is 0.517. The molecule has 0 saturated heterocycles. The van der Waals surface area contributed by atoms with Crippen LogP contribution in [0.15, 0.2) is 36.4 Å². The minimum absolute atomic E-state index is 0.0543. The van der Waals surface area contributed by atoms with E-state index in [0.717, 1.165) is 56.9 Å². The predicted octanol–water partition coefficient (Wildman–Crippen LogP) is 4.89. The van der Waals surface area contributed by atoms with Gasteiger partial charge in [-0.15, -0.1) is 0 Å². The van der Waals surface area contributed by atoms with Crippen LogP contribution in [0.2, 0.25) is 0 Å². The lowest BCUT2D eigenvalue weighted by Gasteiger charge is -2.42. The molecule has 2 aliphatic carbocycles. The first kappa shape index (κ1) is 26.1. The van der Waals surface area contributed by atoms with Crippen molar-refractivity contribution in [1.29, 1.82) is 0 Å². The molecule has 6 heteroatoms. The van der Waals surface area contributed by atoms with Crippen molar-refractivity contribution in [2.45, 2.75) is 71.4 Å². The predicted molar refractivity (Wildman–Crippen MR) is 148 cm³/mol. The zero-order valence-electron chi connectivity index (χ0n) is 23.3. The number of nitrogens with zero attached hydrogens (tertiary/aromatic N) is 2. The van der Waals surface area contributed by atoms with Crippen LogP contribution in [0.25, 0.3) is 0 Å². The SMILES string of the molecule is CC12CCC(C(c3ccc4c(c3)CN(CCCO)CO4)(c3ccc4c(c3)CN(CCCO)CO4)C1)C2(C)C. The van der Waals surface area contributed by atoms with Gasteiger partial charge in [-0.05, 0) is 84.2 Å². The van der Waals surface area contributed by atoms with Gasteiger partial charge in [0.25, 0.3) is 0 Å². The second-order valence-electron chi connectivity index (χ2n) is 13.0. The number of benzene rings is 2. The van der Waals surface area contributed by atoms with Crippen LogP contribution in [-0.2, 0) is 18.5 Å². The third kappa shape index (κ3) is 4.07. The molecule has 2 fully saturated rings. The molecule has 2 N–H and O–H groups in total. The Kier molecular flexibility index (Phi) is 6.74. The fraction of sp³-hybridized carbons (Fsp3) is 0.625. The molecular weight excluding hydrogens is 476 g/mol. The van der Waals surface area contributed by atoms with Gasteiger partial charge >= 0.3 is 0 Å². The largest absolute Gasteiger partial charge is 0.478 e. The Morgan fingerprint density at radius 2 is 1.34 bits per heavy atom. The van der Waals surface area contributed by atoms with Gasteiger partial charge in [-0.25, -0.2) is 0 Å². The number of fused-ring (bicyclic) bond motifs is 4. The maximum absolute atomic E-state index is 9.33. The molecule has 4 aliphatic rings. The molecule has 2 aromatic rings. The van der Waals surface area contributed by atoms with E-state index in [1.54, 1.807) is 0 Å². The van der Waals surface area contributed by atoms with Crippen LogP contribution in [0.3, 0.4) is 0 Å². The Morgan fingerprint density at radius 1 is 0.816 bits per heavy atom. The Labute approximate surface area is 227 Å². The third-order valence-corrected chi connectivity index (χ3v) is 10.7. The summed E-state index contributed by atoms with van der Waals surface area (Å²) in [6.45, 7) is 12.5. The van der Waals surface area contributed by atoms with E-state index in [-0.39, 0.29) is 29.5 Å². The third-order valence-electron chi connectivity index (χ3n) is 10.7. The standard InChI is InChI=1S/C32H44N2O4/c1-30(2)29-10-11-31(30,3)20-32(29,25-6-8-27-23(16-25)18-33(21-37-27)12-4-14-35)26-7-9-28-24(17-26)19-34(22-38-28)13-5-15-36/h6-9,16-17,29,35-36H,4-5,10-15,18-22H2,1-3H3. The van der Waals surface area contributed by atoms with E-state index in [1.807, 2.05) is 0 Å². The minimum Gasteiger partial charge on any atom is -0.478 e. The maximum Gasteiger partial charge on any atom is 0.142 e. The van der Waals surface area contributed by atoms with Crippen molar-refractivity contribution in [2.75, 3.05) is 39.8 Å². The van der Waals surface area contributed by atoms with Gasteiger partial charge in [-0.3, -0.25) is 9.80 Å².